The number of ether oxygens (including phenoxy) is 3. The second-order valence-electron chi connectivity index (χ2n) is 5.77. The Bertz CT molecular complexity index is 833. The quantitative estimate of drug-likeness (QED) is 0.141. The highest BCUT2D eigenvalue weighted by Gasteiger charge is 2.40. The molecule has 0 saturated carbocycles. The Morgan fingerprint density at radius 2 is 1.74 bits per heavy atom. The van der Waals surface area contributed by atoms with Crippen molar-refractivity contribution in [1.82, 2.24) is 5.32 Å². The fourth-order valence-electron chi connectivity index (χ4n) is 2.35. The van der Waals surface area contributed by atoms with Gasteiger partial charge in [0.25, 0.3) is 0 Å². The summed E-state index contributed by atoms with van der Waals surface area (Å²) in [4.78, 5) is 12.0. The zero-order chi connectivity index (χ0) is 23.3. The number of rotatable bonds is 14. The van der Waals surface area contributed by atoms with Crippen LogP contribution in [0.15, 0.2) is 34.9 Å². The largest absolute Gasteiger partial charge is 0.465 e. The number of hydrogen-bond donors (Lipinski definition) is 1. The number of nitrogens with one attached hydrogen (secondary N) is 1. The van der Waals surface area contributed by atoms with Crippen molar-refractivity contribution in [3.05, 3.63) is 46.2 Å². The fraction of sp³-hybridized carbons (Fsp3) is 0.474. The van der Waals surface area contributed by atoms with E-state index in [0.29, 0.717) is 0 Å². The Morgan fingerprint density at radius 3 is 2.19 bits per heavy atom. The topological polar surface area (TPSA) is 116 Å². The summed E-state index contributed by atoms with van der Waals surface area (Å²) in [5.41, 5.74) is -0.397. The lowest BCUT2D eigenvalue weighted by Crippen LogP contribution is -2.26. The maximum Gasteiger partial charge on any atom is 0.357 e. The number of hydrogen-bond acceptors (Lipinski definition) is 10. The molecule has 0 aliphatic heterocycles. The molecule has 0 radical (unpaired) electrons. The minimum Gasteiger partial charge on any atom is -0.465 e. The van der Waals surface area contributed by atoms with Gasteiger partial charge in [-0.2, -0.15) is 5.26 Å². The minimum atomic E-state index is -4.11. The normalized spacial score (nSPS) is 13.2. The number of carbonyl (C=O) groups is 1. The van der Waals surface area contributed by atoms with Gasteiger partial charge in [-0.1, -0.05) is 18.2 Å². The summed E-state index contributed by atoms with van der Waals surface area (Å²) in [7, 11) is -0.108. The Labute approximate surface area is 185 Å². The molecular weight excluding hydrogens is 450 g/mol. The van der Waals surface area contributed by atoms with E-state index in [4.69, 9.17) is 18.5 Å². The lowest BCUT2D eigenvalue weighted by Gasteiger charge is -2.29. The number of esters is 1. The second kappa shape index (κ2) is 14.2. The van der Waals surface area contributed by atoms with Crippen molar-refractivity contribution in [2.45, 2.75) is 5.78 Å². The molecule has 0 amide bonds. The third kappa shape index (κ3) is 7.92. The molecule has 0 saturated heterocycles. The molecule has 0 aromatic heterocycles. The van der Waals surface area contributed by atoms with Gasteiger partial charge in [0.15, 0.2) is 11.4 Å². The van der Waals surface area contributed by atoms with Crippen LogP contribution in [0.3, 0.4) is 0 Å². The first-order chi connectivity index (χ1) is 14.9. The smallest absolute Gasteiger partial charge is 0.357 e. The molecule has 0 aliphatic carbocycles. The van der Waals surface area contributed by atoms with E-state index < -0.39 is 25.2 Å². The van der Waals surface area contributed by atoms with Crippen molar-refractivity contribution in [3.8, 4) is 6.07 Å². The lowest BCUT2D eigenvalue weighted by molar-refractivity contribution is -0.135. The molecule has 0 spiro atoms. The van der Waals surface area contributed by atoms with Gasteiger partial charge in [-0.3, -0.25) is 4.57 Å². The van der Waals surface area contributed by atoms with Crippen LogP contribution < -0.4 is 5.32 Å². The molecule has 31 heavy (non-hydrogen) atoms. The van der Waals surface area contributed by atoms with Crippen LogP contribution in [-0.2, 0) is 32.6 Å². The standard InChI is InChI=1S/C19H26FN2O7PS/c1-25-9-11-28-30(24,29-12-10-26-2)17(14-7-5-6-8-16(14)20)22-18(31-4)15(13-21)19(23)27-3/h5-8,17,22H,9-12H2,1-4H3/b18-15+. The van der Waals surface area contributed by atoms with E-state index in [1.807, 2.05) is 0 Å². The number of nitrogens with zero attached hydrogens (tertiary/aromatic N) is 1. The van der Waals surface area contributed by atoms with Gasteiger partial charge >= 0.3 is 13.6 Å². The van der Waals surface area contributed by atoms with E-state index in [2.05, 4.69) is 10.1 Å². The van der Waals surface area contributed by atoms with Crippen molar-refractivity contribution in [2.75, 3.05) is 54.0 Å². The number of halogens is 1. The predicted molar refractivity (Wildman–Crippen MR) is 114 cm³/mol. The maximum atomic E-state index is 14.7. The molecule has 1 rings (SSSR count). The number of benzene rings is 1. The van der Waals surface area contributed by atoms with Crippen molar-refractivity contribution < 1.29 is 37.0 Å². The van der Waals surface area contributed by atoms with Gasteiger partial charge in [-0.25, -0.2) is 9.18 Å². The average Bonchev–Trinajstić information content (AvgIpc) is 2.77. The predicted octanol–water partition coefficient (Wildman–Crippen LogP) is 3.20. The summed E-state index contributed by atoms with van der Waals surface area (Å²) in [5.74, 6) is -2.96. The molecule has 0 aliphatic rings. The van der Waals surface area contributed by atoms with Crippen LogP contribution in [0.4, 0.5) is 4.39 Å². The van der Waals surface area contributed by atoms with E-state index in [0.717, 1.165) is 18.9 Å². The first-order valence-electron chi connectivity index (χ1n) is 9.02. The third-order valence-corrected chi connectivity index (χ3v) is 6.69. The van der Waals surface area contributed by atoms with E-state index in [9.17, 15) is 19.0 Å². The molecule has 0 fully saturated rings. The number of methoxy groups -OCH3 is 3. The maximum absolute atomic E-state index is 14.7. The summed E-state index contributed by atoms with van der Waals surface area (Å²) < 4.78 is 54.1. The van der Waals surface area contributed by atoms with Crippen molar-refractivity contribution in [3.63, 3.8) is 0 Å². The summed E-state index contributed by atoms with van der Waals surface area (Å²) in [6.45, 7) is 0.0124. The van der Waals surface area contributed by atoms with E-state index in [1.165, 1.54) is 32.4 Å². The molecule has 172 valence electrons. The van der Waals surface area contributed by atoms with E-state index in [-0.39, 0.29) is 42.6 Å². The van der Waals surface area contributed by atoms with Crippen LogP contribution in [0.25, 0.3) is 0 Å². The molecule has 1 aromatic rings. The van der Waals surface area contributed by atoms with Crippen molar-refractivity contribution in [2.24, 2.45) is 0 Å². The number of carbonyl (C=O) groups excluding carboxylic acids is 1. The monoisotopic (exact) mass is 476 g/mol. The zero-order valence-electron chi connectivity index (χ0n) is 17.8. The molecule has 1 N–H and O–H groups in total. The number of nitriles is 1. The Morgan fingerprint density at radius 1 is 1.16 bits per heavy atom. The van der Waals surface area contributed by atoms with E-state index >= 15 is 0 Å². The Hall–Kier alpha value is -1.93. The highest BCUT2D eigenvalue weighted by atomic mass is 32.2. The van der Waals surface area contributed by atoms with Gasteiger partial charge < -0.3 is 28.6 Å². The van der Waals surface area contributed by atoms with Gasteiger partial charge in [0.1, 0.15) is 11.9 Å². The van der Waals surface area contributed by atoms with Crippen LogP contribution in [0.2, 0.25) is 0 Å². The number of thioether (sulfide) groups is 1. The second-order valence-corrected chi connectivity index (χ2v) is 8.70. The first-order valence-corrected chi connectivity index (χ1v) is 11.9. The fourth-order valence-corrected chi connectivity index (χ4v) is 4.88. The molecule has 12 heteroatoms. The van der Waals surface area contributed by atoms with Gasteiger partial charge in [-0.15, -0.1) is 11.8 Å². The van der Waals surface area contributed by atoms with Crippen LogP contribution >= 0.6 is 19.4 Å². The zero-order valence-corrected chi connectivity index (χ0v) is 19.5. The van der Waals surface area contributed by atoms with Crippen LogP contribution in [0.5, 0.6) is 0 Å². The molecule has 1 aromatic carbocycles. The van der Waals surface area contributed by atoms with Gasteiger partial charge in [0.2, 0.25) is 0 Å². The molecule has 0 heterocycles. The summed E-state index contributed by atoms with van der Waals surface area (Å²) in [6.07, 6.45) is 1.59. The molecule has 9 nitrogen and oxygen atoms in total. The van der Waals surface area contributed by atoms with Crippen molar-refractivity contribution in [1.29, 1.82) is 5.26 Å². The van der Waals surface area contributed by atoms with Crippen LogP contribution in [0, 0.1) is 17.1 Å². The molecule has 1 unspecified atom stereocenters. The first kappa shape index (κ1) is 27.1. The van der Waals surface area contributed by atoms with Crippen LogP contribution in [0.1, 0.15) is 11.3 Å². The molecule has 1 atom stereocenters. The summed E-state index contributed by atoms with van der Waals surface area (Å²) >= 11 is 0.989. The van der Waals surface area contributed by atoms with Crippen LogP contribution in [-0.4, -0.2) is 60.0 Å². The highest BCUT2D eigenvalue weighted by Crippen LogP contribution is 2.60. The van der Waals surface area contributed by atoms with Gasteiger partial charge in [0.05, 0.1) is 38.6 Å². The molecular formula is C19H26FN2O7PS. The Kier molecular flexibility index (Phi) is 12.4. The Balaban J connectivity index is 3.54. The highest BCUT2D eigenvalue weighted by molar-refractivity contribution is 8.02. The summed E-state index contributed by atoms with van der Waals surface area (Å²) in [6, 6.07) is 7.36. The summed E-state index contributed by atoms with van der Waals surface area (Å²) in [5, 5.41) is 12.2. The SMILES string of the molecule is COCCOP(=O)(OCCOC)C(N/C(SC)=C(/C#N)C(=O)OC)c1ccccc1F. The minimum absolute atomic E-state index is 0.0218. The lowest BCUT2D eigenvalue weighted by atomic mass is 10.2. The van der Waals surface area contributed by atoms with Gasteiger partial charge in [-0.05, 0) is 12.3 Å². The average molecular weight is 476 g/mol. The van der Waals surface area contributed by atoms with Crippen molar-refractivity contribution >= 4 is 25.3 Å². The van der Waals surface area contributed by atoms with Gasteiger partial charge in [0, 0.05) is 19.8 Å². The third-order valence-electron chi connectivity index (χ3n) is 3.83. The van der Waals surface area contributed by atoms with E-state index in [1.54, 1.807) is 18.4 Å². The molecule has 0 bridgehead atoms.